The van der Waals surface area contributed by atoms with Gasteiger partial charge in [0.25, 0.3) is 0 Å². The van der Waals surface area contributed by atoms with Crippen LogP contribution >= 0.6 is 11.8 Å². The van der Waals surface area contributed by atoms with Crippen molar-refractivity contribution < 1.29 is 4.79 Å². The van der Waals surface area contributed by atoms with Crippen LogP contribution in [0.3, 0.4) is 0 Å². The minimum absolute atomic E-state index is 0.0797. The lowest BCUT2D eigenvalue weighted by Gasteiger charge is -2.11. The van der Waals surface area contributed by atoms with Gasteiger partial charge < -0.3 is 10.6 Å². The molecule has 0 saturated heterocycles. The van der Waals surface area contributed by atoms with Crippen molar-refractivity contribution in [1.29, 1.82) is 0 Å². The first-order valence-electron chi connectivity index (χ1n) is 6.28. The van der Waals surface area contributed by atoms with Gasteiger partial charge in [0.1, 0.15) is 0 Å². The third kappa shape index (κ3) is 3.27. The Labute approximate surface area is 113 Å². The summed E-state index contributed by atoms with van der Waals surface area (Å²) in [5.74, 6) is 1.10. The number of amides is 1. The van der Waals surface area contributed by atoms with Crippen LogP contribution in [0.15, 0.2) is 18.2 Å². The molecule has 1 aliphatic rings. The molecule has 1 atom stereocenters. The molecule has 1 aliphatic heterocycles. The molecule has 0 radical (unpaired) electrons. The van der Waals surface area contributed by atoms with Gasteiger partial charge in [-0.05, 0) is 22.9 Å². The zero-order valence-electron chi connectivity index (χ0n) is 11.0. The van der Waals surface area contributed by atoms with E-state index in [-0.39, 0.29) is 11.8 Å². The monoisotopic (exact) mass is 264 g/mol. The molecule has 0 aliphatic carbocycles. The van der Waals surface area contributed by atoms with Crippen molar-refractivity contribution in [2.24, 2.45) is 5.92 Å². The molecule has 0 fully saturated rings. The Hall–Kier alpha value is -1.00. The molecule has 1 aromatic rings. The Morgan fingerprint density at radius 2 is 2.22 bits per heavy atom. The summed E-state index contributed by atoms with van der Waals surface area (Å²) in [6.45, 7) is 4.51. The molecular formula is C14H20N2OS. The maximum atomic E-state index is 11.8. The van der Waals surface area contributed by atoms with E-state index in [0.29, 0.717) is 6.54 Å². The van der Waals surface area contributed by atoms with Crippen LogP contribution in [0.2, 0.25) is 0 Å². The average molecular weight is 264 g/mol. The summed E-state index contributed by atoms with van der Waals surface area (Å²) in [5.41, 5.74) is 3.92. The maximum absolute atomic E-state index is 11.8. The molecule has 2 rings (SSSR count). The van der Waals surface area contributed by atoms with Gasteiger partial charge in [-0.3, -0.25) is 4.79 Å². The highest BCUT2D eigenvalue weighted by Crippen LogP contribution is 2.17. The topological polar surface area (TPSA) is 41.1 Å². The Balaban J connectivity index is 1.88. The van der Waals surface area contributed by atoms with Crippen LogP contribution < -0.4 is 10.6 Å². The average Bonchev–Trinajstić information content (AvgIpc) is 2.83. The van der Waals surface area contributed by atoms with Crippen LogP contribution in [-0.4, -0.2) is 17.9 Å². The van der Waals surface area contributed by atoms with E-state index in [9.17, 15) is 4.79 Å². The summed E-state index contributed by atoms with van der Waals surface area (Å²) in [7, 11) is 0. The number of rotatable bonds is 5. The van der Waals surface area contributed by atoms with Crippen molar-refractivity contribution in [3.05, 3.63) is 34.9 Å². The molecule has 0 bridgehead atoms. The summed E-state index contributed by atoms with van der Waals surface area (Å²) >= 11 is 1.71. The minimum Gasteiger partial charge on any atom is -0.352 e. The summed E-state index contributed by atoms with van der Waals surface area (Å²) in [6.07, 6.45) is 2.03. The maximum Gasteiger partial charge on any atom is 0.223 e. The standard InChI is InChI=1S/C14H20N2OS/c1-10(9-18-2)14(17)16-6-11-3-4-12-7-15-8-13(12)5-11/h3-5,10,15H,6-9H2,1-2H3,(H,16,17). The third-order valence-electron chi connectivity index (χ3n) is 3.23. The molecule has 1 heterocycles. The van der Waals surface area contributed by atoms with Gasteiger partial charge in [-0.25, -0.2) is 0 Å². The van der Waals surface area contributed by atoms with Gasteiger partial charge >= 0.3 is 0 Å². The van der Waals surface area contributed by atoms with Crippen LogP contribution in [0.5, 0.6) is 0 Å². The number of carbonyl (C=O) groups is 1. The molecule has 18 heavy (non-hydrogen) atoms. The Kier molecular flexibility index (Phi) is 4.66. The van der Waals surface area contributed by atoms with Crippen molar-refractivity contribution in [3.63, 3.8) is 0 Å². The number of thioether (sulfide) groups is 1. The lowest BCUT2D eigenvalue weighted by Crippen LogP contribution is -2.29. The van der Waals surface area contributed by atoms with Gasteiger partial charge in [0.2, 0.25) is 5.91 Å². The lowest BCUT2D eigenvalue weighted by molar-refractivity contribution is -0.124. The normalized spacial score (nSPS) is 15.2. The molecule has 4 heteroatoms. The quantitative estimate of drug-likeness (QED) is 0.853. The molecule has 3 nitrogen and oxygen atoms in total. The summed E-state index contributed by atoms with van der Waals surface area (Å²) < 4.78 is 0. The Morgan fingerprint density at radius 1 is 1.44 bits per heavy atom. The van der Waals surface area contributed by atoms with E-state index in [2.05, 4.69) is 28.8 Å². The van der Waals surface area contributed by atoms with Crippen LogP contribution in [0, 0.1) is 5.92 Å². The van der Waals surface area contributed by atoms with Crippen molar-refractivity contribution >= 4 is 17.7 Å². The number of carbonyl (C=O) groups excluding carboxylic acids is 1. The van der Waals surface area contributed by atoms with E-state index in [1.807, 2.05) is 13.2 Å². The van der Waals surface area contributed by atoms with Gasteiger partial charge in [-0.1, -0.05) is 25.1 Å². The van der Waals surface area contributed by atoms with Crippen LogP contribution in [-0.2, 0) is 24.4 Å². The highest BCUT2D eigenvalue weighted by Gasteiger charge is 2.13. The largest absolute Gasteiger partial charge is 0.352 e. The molecule has 0 spiro atoms. The zero-order valence-corrected chi connectivity index (χ0v) is 11.8. The highest BCUT2D eigenvalue weighted by atomic mass is 32.2. The predicted octanol–water partition coefficient (Wildman–Crippen LogP) is 1.91. The van der Waals surface area contributed by atoms with E-state index >= 15 is 0 Å². The first kappa shape index (κ1) is 13.4. The van der Waals surface area contributed by atoms with Crippen LogP contribution in [0.4, 0.5) is 0 Å². The first-order valence-corrected chi connectivity index (χ1v) is 7.68. The predicted molar refractivity (Wildman–Crippen MR) is 76.4 cm³/mol. The fourth-order valence-corrected chi connectivity index (χ4v) is 2.80. The summed E-state index contributed by atoms with van der Waals surface area (Å²) in [4.78, 5) is 11.8. The summed E-state index contributed by atoms with van der Waals surface area (Å²) in [5, 5.41) is 6.33. The third-order valence-corrected chi connectivity index (χ3v) is 4.07. The van der Waals surface area contributed by atoms with Crippen molar-refractivity contribution in [2.75, 3.05) is 12.0 Å². The smallest absolute Gasteiger partial charge is 0.223 e. The number of benzene rings is 1. The molecule has 0 saturated carbocycles. The number of hydrogen-bond acceptors (Lipinski definition) is 3. The van der Waals surface area contributed by atoms with Crippen molar-refractivity contribution in [3.8, 4) is 0 Å². The molecule has 1 unspecified atom stereocenters. The van der Waals surface area contributed by atoms with E-state index in [4.69, 9.17) is 0 Å². The van der Waals surface area contributed by atoms with Crippen molar-refractivity contribution in [1.82, 2.24) is 10.6 Å². The first-order chi connectivity index (χ1) is 8.70. The summed E-state index contributed by atoms with van der Waals surface area (Å²) in [6, 6.07) is 6.45. The van der Waals surface area contributed by atoms with Gasteiger partial charge in [0.15, 0.2) is 0 Å². The van der Waals surface area contributed by atoms with E-state index in [1.54, 1.807) is 11.8 Å². The van der Waals surface area contributed by atoms with Gasteiger partial charge in [-0.15, -0.1) is 0 Å². The minimum atomic E-state index is 0.0797. The van der Waals surface area contributed by atoms with Gasteiger partial charge in [0.05, 0.1) is 0 Å². The fourth-order valence-electron chi connectivity index (χ4n) is 2.15. The number of nitrogens with one attached hydrogen (secondary N) is 2. The van der Waals surface area contributed by atoms with E-state index < -0.39 is 0 Å². The second-order valence-electron chi connectivity index (χ2n) is 4.78. The van der Waals surface area contributed by atoms with Crippen LogP contribution in [0.1, 0.15) is 23.6 Å². The second-order valence-corrected chi connectivity index (χ2v) is 5.69. The Morgan fingerprint density at radius 3 is 3.00 bits per heavy atom. The Bertz CT molecular complexity index is 434. The zero-order chi connectivity index (χ0) is 13.0. The molecule has 0 aromatic heterocycles. The van der Waals surface area contributed by atoms with Gasteiger partial charge in [0, 0.05) is 31.3 Å². The number of fused-ring (bicyclic) bond motifs is 1. The van der Waals surface area contributed by atoms with E-state index in [1.165, 1.54) is 16.7 Å². The molecule has 1 aromatic carbocycles. The SMILES string of the molecule is CSCC(C)C(=O)NCc1ccc2c(c1)CNC2. The second kappa shape index (κ2) is 6.25. The van der Waals surface area contributed by atoms with Crippen molar-refractivity contribution in [2.45, 2.75) is 26.6 Å². The molecule has 1 amide bonds. The lowest BCUT2D eigenvalue weighted by atomic mass is 10.1. The number of hydrogen-bond donors (Lipinski definition) is 2. The highest BCUT2D eigenvalue weighted by molar-refractivity contribution is 7.98. The molecule has 2 N–H and O–H groups in total. The molecular weight excluding hydrogens is 244 g/mol. The van der Waals surface area contributed by atoms with E-state index in [0.717, 1.165) is 18.8 Å². The molecule has 98 valence electrons. The van der Waals surface area contributed by atoms with Crippen LogP contribution in [0.25, 0.3) is 0 Å². The van der Waals surface area contributed by atoms with Gasteiger partial charge in [-0.2, -0.15) is 11.8 Å². The fraction of sp³-hybridized carbons (Fsp3) is 0.500.